The van der Waals surface area contributed by atoms with Gasteiger partial charge in [0.2, 0.25) is 0 Å². The highest BCUT2D eigenvalue weighted by atomic mass is 16.1. The number of fused-ring (bicyclic) bond motifs is 1. The highest BCUT2D eigenvalue weighted by Crippen LogP contribution is 2.35. The number of nitrogens with zero attached hydrogens (tertiary/aromatic N) is 1. The molecule has 1 fully saturated rings. The molecule has 1 N–H and O–H groups in total. The van der Waals surface area contributed by atoms with E-state index in [2.05, 4.69) is 4.98 Å². The maximum Gasteiger partial charge on any atom is 0.168 e. The maximum atomic E-state index is 12.3. The summed E-state index contributed by atoms with van der Waals surface area (Å²) in [6, 6.07) is 7.98. The predicted molar refractivity (Wildman–Crippen MR) is 82.1 cm³/mol. The molecule has 0 amide bonds. The summed E-state index contributed by atoms with van der Waals surface area (Å²) in [5.74, 6) is -0.147. The van der Waals surface area contributed by atoms with Gasteiger partial charge in [0.25, 0.3) is 0 Å². The van der Waals surface area contributed by atoms with Gasteiger partial charge in [-0.3, -0.25) is 9.59 Å². The fourth-order valence-corrected chi connectivity index (χ4v) is 2.95. The van der Waals surface area contributed by atoms with Gasteiger partial charge >= 0.3 is 0 Å². The minimum atomic E-state index is -0.0600. The smallest absolute Gasteiger partial charge is 0.168 e. The molecule has 1 aromatic heterocycles. The van der Waals surface area contributed by atoms with E-state index < -0.39 is 0 Å². The third-order valence-electron chi connectivity index (χ3n) is 3.91. The Kier molecular flexibility index (Phi) is 3.37. The minimum Gasteiger partial charge on any atom is -0.383 e. The monoisotopic (exact) mass is 282 g/mol. The van der Waals surface area contributed by atoms with E-state index in [0.29, 0.717) is 18.4 Å². The Morgan fingerprint density at radius 2 is 1.81 bits per heavy atom. The van der Waals surface area contributed by atoms with Crippen molar-refractivity contribution in [2.75, 3.05) is 14.1 Å². The van der Waals surface area contributed by atoms with Crippen LogP contribution >= 0.6 is 0 Å². The first-order valence-electron chi connectivity index (χ1n) is 7.07. The number of Topliss-reactive ketones (excluding diaryl/α,β-unsaturated/α-hetero) is 2. The highest BCUT2D eigenvalue weighted by Gasteiger charge is 2.32. The number of aromatic nitrogens is 1. The molecule has 0 saturated heterocycles. The van der Waals surface area contributed by atoms with E-state index >= 15 is 0 Å². The number of hydrogen-bond donors (Lipinski definition) is 1. The van der Waals surface area contributed by atoms with Gasteiger partial charge < -0.3 is 9.88 Å². The van der Waals surface area contributed by atoms with Crippen LogP contribution in [0.25, 0.3) is 10.9 Å². The predicted octanol–water partition coefficient (Wildman–Crippen LogP) is 2.63. The van der Waals surface area contributed by atoms with E-state index in [-0.39, 0.29) is 17.5 Å². The van der Waals surface area contributed by atoms with Gasteiger partial charge in [-0.2, -0.15) is 0 Å². The summed E-state index contributed by atoms with van der Waals surface area (Å²) >= 11 is 0. The molecule has 1 heterocycles. The lowest BCUT2D eigenvalue weighted by molar-refractivity contribution is -0.124. The van der Waals surface area contributed by atoms with Crippen LogP contribution < -0.4 is 0 Å². The second-order valence-corrected chi connectivity index (χ2v) is 5.75. The number of allylic oxidation sites excluding steroid dienone is 1. The highest BCUT2D eigenvalue weighted by molar-refractivity contribution is 6.22. The van der Waals surface area contributed by atoms with Crippen LogP contribution in [0.1, 0.15) is 24.3 Å². The summed E-state index contributed by atoms with van der Waals surface area (Å²) < 4.78 is 0. The molecule has 0 bridgehead atoms. The molecule has 21 heavy (non-hydrogen) atoms. The largest absolute Gasteiger partial charge is 0.383 e. The van der Waals surface area contributed by atoms with Crippen molar-refractivity contribution in [2.45, 2.75) is 18.8 Å². The lowest BCUT2D eigenvalue weighted by atomic mass is 9.80. The van der Waals surface area contributed by atoms with Crippen molar-refractivity contribution >= 4 is 22.5 Å². The maximum absolute atomic E-state index is 12.3. The Morgan fingerprint density at radius 1 is 1.14 bits per heavy atom. The van der Waals surface area contributed by atoms with Crippen molar-refractivity contribution in [2.24, 2.45) is 0 Å². The van der Waals surface area contributed by atoms with Gasteiger partial charge in [-0.1, -0.05) is 18.2 Å². The van der Waals surface area contributed by atoms with Gasteiger partial charge in [0.15, 0.2) is 11.6 Å². The first-order valence-corrected chi connectivity index (χ1v) is 7.07. The van der Waals surface area contributed by atoms with E-state index in [9.17, 15) is 9.59 Å². The first kappa shape index (κ1) is 13.6. The SMILES string of the molecule is CN(C)C=C1C(=O)CC(c2c[nH]c3ccccc23)CC1=O. The summed E-state index contributed by atoms with van der Waals surface area (Å²) in [6.07, 6.45) is 4.35. The van der Waals surface area contributed by atoms with Crippen LogP contribution in [0.5, 0.6) is 0 Å². The average molecular weight is 282 g/mol. The quantitative estimate of drug-likeness (QED) is 0.680. The zero-order valence-electron chi connectivity index (χ0n) is 12.2. The average Bonchev–Trinajstić information content (AvgIpc) is 2.86. The number of H-pyrrole nitrogens is 1. The van der Waals surface area contributed by atoms with Crippen molar-refractivity contribution in [3.05, 3.63) is 47.8 Å². The Morgan fingerprint density at radius 3 is 2.48 bits per heavy atom. The molecule has 1 aliphatic rings. The molecule has 4 heteroatoms. The van der Waals surface area contributed by atoms with Gasteiger partial charge in [-0.15, -0.1) is 0 Å². The molecule has 108 valence electrons. The Labute approximate surface area is 123 Å². The summed E-state index contributed by atoms with van der Waals surface area (Å²) in [7, 11) is 3.64. The van der Waals surface area contributed by atoms with Crippen LogP contribution in [0.15, 0.2) is 42.2 Å². The lowest BCUT2D eigenvalue weighted by Gasteiger charge is -2.22. The molecule has 0 aliphatic heterocycles. The lowest BCUT2D eigenvalue weighted by Crippen LogP contribution is -2.26. The fourth-order valence-electron chi connectivity index (χ4n) is 2.95. The molecular formula is C17H18N2O2. The first-order chi connectivity index (χ1) is 10.1. The van der Waals surface area contributed by atoms with Crippen molar-refractivity contribution in [1.82, 2.24) is 9.88 Å². The van der Waals surface area contributed by atoms with Crippen molar-refractivity contribution < 1.29 is 9.59 Å². The normalized spacial score (nSPS) is 19.1. The van der Waals surface area contributed by atoms with Crippen molar-refractivity contribution in [1.29, 1.82) is 0 Å². The molecule has 0 atom stereocenters. The van der Waals surface area contributed by atoms with Crippen LogP contribution in [0.3, 0.4) is 0 Å². The Hall–Kier alpha value is -2.36. The molecule has 4 nitrogen and oxygen atoms in total. The van der Waals surface area contributed by atoms with Crippen molar-refractivity contribution in [3.63, 3.8) is 0 Å². The molecular weight excluding hydrogens is 264 g/mol. The van der Waals surface area contributed by atoms with Gasteiger partial charge in [-0.05, 0) is 11.6 Å². The van der Waals surface area contributed by atoms with E-state index in [4.69, 9.17) is 0 Å². The standard InChI is InChI=1S/C17H18N2O2/c1-19(2)10-14-16(20)7-11(8-17(14)21)13-9-18-15-6-4-3-5-12(13)15/h3-6,9-11,18H,7-8H2,1-2H3. The number of ketones is 2. The van der Waals surface area contributed by atoms with E-state index in [1.54, 1.807) is 11.1 Å². The molecule has 1 aliphatic carbocycles. The summed E-state index contributed by atoms with van der Waals surface area (Å²) in [4.78, 5) is 29.5. The summed E-state index contributed by atoms with van der Waals surface area (Å²) in [5, 5.41) is 1.10. The number of carbonyl (C=O) groups excluding carboxylic acids is 2. The Balaban J connectivity index is 1.93. The van der Waals surface area contributed by atoms with E-state index in [1.165, 1.54) is 0 Å². The number of rotatable bonds is 2. The number of benzene rings is 1. The molecule has 0 radical (unpaired) electrons. The summed E-state index contributed by atoms with van der Waals surface area (Å²) in [5.41, 5.74) is 2.44. The minimum absolute atomic E-state index is 0.0273. The van der Waals surface area contributed by atoms with Crippen LogP contribution in [0, 0.1) is 0 Å². The second kappa shape index (κ2) is 5.20. The van der Waals surface area contributed by atoms with E-state index in [0.717, 1.165) is 16.5 Å². The molecule has 1 aromatic carbocycles. The second-order valence-electron chi connectivity index (χ2n) is 5.75. The molecule has 0 unspecified atom stereocenters. The number of nitrogens with one attached hydrogen (secondary N) is 1. The topological polar surface area (TPSA) is 53.2 Å². The van der Waals surface area contributed by atoms with Crippen molar-refractivity contribution in [3.8, 4) is 0 Å². The molecule has 2 aromatic rings. The molecule has 0 spiro atoms. The zero-order valence-corrected chi connectivity index (χ0v) is 12.2. The van der Waals surface area contributed by atoms with Crippen LogP contribution in [-0.2, 0) is 9.59 Å². The van der Waals surface area contributed by atoms with Gasteiger partial charge in [-0.25, -0.2) is 0 Å². The number of aromatic amines is 1. The number of hydrogen-bond acceptors (Lipinski definition) is 3. The van der Waals surface area contributed by atoms with E-state index in [1.807, 2.05) is 44.6 Å². The summed E-state index contributed by atoms with van der Waals surface area (Å²) in [6.45, 7) is 0. The number of carbonyl (C=O) groups is 2. The molecule has 3 rings (SSSR count). The third kappa shape index (κ3) is 2.49. The molecule has 1 saturated carbocycles. The fraction of sp³-hybridized carbons (Fsp3) is 0.294. The van der Waals surface area contributed by atoms with Gasteiger partial charge in [0, 0.05) is 56.2 Å². The van der Waals surface area contributed by atoms with Crippen LogP contribution in [-0.4, -0.2) is 35.5 Å². The Bertz CT molecular complexity index is 720. The van der Waals surface area contributed by atoms with Gasteiger partial charge in [0.05, 0.1) is 5.57 Å². The van der Waals surface area contributed by atoms with Gasteiger partial charge in [0.1, 0.15) is 0 Å². The van der Waals surface area contributed by atoms with Crippen LogP contribution in [0.2, 0.25) is 0 Å². The number of para-hydroxylation sites is 1. The third-order valence-corrected chi connectivity index (χ3v) is 3.91. The zero-order chi connectivity index (χ0) is 15.0. The van der Waals surface area contributed by atoms with Crippen LogP contribution in [0.4, 0.5) is 0 Å².